The monoisotopic (exact) mass is 272 g/mol. The summed E-state index contributed by atoms with van der Waals surface area (Å²) in [5, 5.41) is 0. The van der Waals surface area contributed by atoms with Gasteiger partial charge in [-0.05, 0) is 32.6 Å². The molecule has 112 valence electrons. The normalized spacial score (nSPS) is 20.4. The molecule has 1 heterocycles. The number of aliphatic imine (C=N–C) groups is 1. The van der Waals surface area contributed by atoms with Gasteiger partial charge in [0.2, 0.25) is 5.96 Å². The van der Waals surface area contributed by atoms with E-state index in [1.165, 1.54) is 12.8 Å². The lowest BCUT2D eigenvalue weighted by atomic mass is 10.1. The Morgan fingerprint density at radius 1 is 1.53 bits per heavy atom. The zero-order valence-electron chi connectivity index (χ0n) is 12.2. The van der Waals surface area contributed by atoms with E-state index in [0.717, 1.165) is 45.8 Å². The number of hydrogen-bond acceptors (Lipinski definition) is 4. The molecule has 0 aliphatic carbocycles. The highest BCUT2D eigenvalue weighted by Gasteiger charge is 2.17. The topological polar surface area (TPSA) is 72.1 Å². The van der Waals surface area contributed by atoms with Gasteiger partial charge in [0.25, 0.3) is 0 Å². The van der Waals surface area contributed by atoms with Crippen molar-refractivity contribution in [2.24, 2.45) is 10.8 Å². The second-order valence-electron chi connectivity index (χ2n) is 4.77. The van der Waals surface area contributed by atoms with Crippen LogP contribution in [0.3, 0.4) is 0 Å². The van der Waals surface area contributed by atoms with Crippen molar-refractivity contribution in [1.29, 1.82) is 0 Å². The Hall–Kier alpha value is -0.850. The molecule has 1 atom stereocenters. The van der Waals surface area contributed by atoms with Gasteiger partial charge in [-0.3, -0.25) is 10.4 Å². The molecule has 19 heavy (non-hydrogen) atoms. The molecule has 0 aromatic rings. The van der Waals surface area contributed by atoms with E-state index in [9.17, 15) is 0 Å². The second kappa shape index (κ2) is 10.00. The quantitative estimate of drug-likeness (QED) is 0.235. The number of hydrogen-bond donors (Lipinski definition) is 2. The van der Waals surface area contributed by atoms with Gasteiger partial charge in [-0.15, -0.1) is 0 Å². The minimum atomic E-state index is 0.292. The fourth-order valence-electron chi connectivity index (χ4n) is 2.12. The molecule has 3 N–H and O–H groups in total. The summed E-state index contributed by atoms with van der Waals surface area (Å²) >= 11 is 0. The molecule has 1 rings (SSSR count). The van der Waals surface area contributed by atoms with Gasteiger partial charge >= 0.3 is 0 Å². The first-order chi connectivity index (χ1) is 9.27. The number of rotatable bonds is 7. The third-order valence-electron chi connectivity index (χ3n) is 3.15. The van der Waals surface area contributed by atoms with Gasteiger partial charge in [0.1, 0.15) is 0 Å². The van der Waals surface area contributed by atoms with Gasteiger partial charge in [0.05, 0.1) is 6.10 Å². The second-order valence-corrected chi connectivity index (χ2v) is 4.77. The highest BCUT2D eigenvalue weighted by atomic mass is 16.5. The van der Waals surface area contributed by atoms with E-state index in [1.807, 2.05) is 18.9 Å². The maximum absolute atomic E-state index is 5.72. The Kier molecular flexibility index (Phi) is 8.53. The smallest absolute Gasteiger partial charge is 0.208 e. The van der Waals surface area contributed by atoms with Crippen LogP contribution < -0.4 is 11.3 Å². The zero-order chi connectivity index (χ0) is 13.9. The van der Waals surface area contributed by atoms with Crippen molar-refractivity contribution < 1.29 is 9.47 Å². The average molecular weight is 272 g/mol. The number of hydrazine groups is 1. The van der Waals surface area contributed by atoms with E-state index in [0.29, 0.717) is 12.1 Å². The van der Waals surface area contributed by atoms with Gasteiger partial charge in [-0.25, -0.2) is 5.84 Å². The first-order valence-corrected chi connectivity index (χ1v) is 7.19. The maximum atomic E-state index is 5.72. The van der Waals surface area contributed by atoms with E-state index in [-0.39, 0.29) is 0 Å². The van der Waals surface area contributed by atoms with Crippen LogP contribution in [-0.4, -0.2) is 56.9 Å². The molecule has 1 unspecified atom stereocenters. The first kappa shape index (κ1) is 16.2. The molecule has 0 aromatic heterocycles. The predicted molar refractivity (Wildman–Crippen MR) is 77.0 cm³/mol. The standard InChI is InChI=1S/C13H28N4O2/c1-3-18-9-6-8-15-13(16-14)17(2)11-12-7-4-5-10-19-12/h12H,3-11,14H2,1-2H3,(H,15,16). The van der Waals surface area contributed by atoms with Gasteiger partial charge in [0.15, 0.2) is 0 Å². The summed E-state index contributed by atoms with van der Waals surface area (Å²) in [5.41, 5.74) is 2.66. The molecule has 6 nitrogen and oxygen atoms in total. The third-order valence-corrected chi connectivity index (χ3v) is 3.15. The fraction of sp³-hybridized carbons (Fsp3) is 0.923. The van der Waals surface area contributed by atoms with Crippen molar-refractivity contribution in [3.8, 4) is 0 Å². The molecule has 0 bridgehead atoms. The molecular weight excluding hydrogens is 244 g/mol. The van der Waals surface area contributed by atoms with Crippen molar-refractivity contribution >= 4 is 5.96 Å². The van der Waals surface area contributed by atoms with Crippen LogP contribution in [0.1, 0.15) is 32.6 Å². The highest BCUT2D eigenvalue weighted by molar-refractivity contribution is 5.79. The van der Waals surface area contributed by atoms with E-state index in [4.69, 9.17) is 15.3 Å². The van der Waals surface area contributed by atoms with Gasteiger partial charge in [-0.1, -0.05) is 0 Å². The largest absolute Gasteiger partial charge is 0.382 e. The van der Waals surface area contributed by atoms with Crippen molar-refractivity contribution in [1.82, 2.24) is 10.3 Å². The lowest BCUT2D eigenvalue weighted by Gasteiger charge is -2.28. The average Bonchev–Trinajstić information content (AvgIpc) is 2.44. The van der Waals surface area contributed by atoms with Crippen LogP contribution in [0.4, 0.5) is 0 Å². The van der Waals surface area contributed by atoms with E-state index >= 15 is 0 Å². The van der Waals surface area contributed by atoms with Gasteiger partial charge < -0.3 is 14.4 Å². The highest BCUT2D eigenvalue weighted by Crippen LogP contribution is 2.13. The zero-order valence-corrected chi connectivity index (χ0v) is 12.2. The lowest BCUT2D eigenvalue weighted by Crippen LogP contribution is -2.46. The fourth-order valence-corrected chi connectivity index (χ4v) is 2.12. The molecule has 1 aliphatic rings. The molecule has 0 radical (unpaired) electrons. The number of likely N-dealkylation sites (N-methyl/N-ethyl adjacent to an activating group) is 1. The third kappa shape index (κ3) is 6.75. The molecule has 1 fully saturated rings. The Balaban J connectivity index is 2.28. The lowest BCUT2D eigenvalue weighted by molar-refractivity contribution is 0.00675. The summed E-state index contributed by atoms with van der Waals surface area (Å²) in [7, 11) is 1.99. The molecular formula is C13H28N4O2. The summed E-state index contributed by atoms with van der Waals surface area (Å²) in [4.78, 5) is 6.47. The Labute approximate surface area is 116 Å². The summed E-state index contributed by atoms with van der Waals surface area (Å²) in [6.45, 7) is 5.91. The molecule has 0 spiro atoms. The van der Waals surface area contributed by atoms with Crippen LogP contribution in [0.25, 0.3) is 0 Å². The van der Waals surface area contributed by atoms with Crippen LogP contribution in [0.5, 0.6) is 0 Å². The molecule has 1 saturated heterocycles. The van der Waals surface area contributed by atoms with E-state index in [2.05, 4.69) is 10.4 Å². The van der Waals surface area contributed by atoms with Crippen LogP contribution in [0, 0.1) is 0 Å². The van der Waals surface area contributed by atoms with Gasteiger partial charge in [-0.2, -0.15) is 0 Å². The number of nitrogens with one attached hydrogen (secondary N) is 1. The summed E-state index contributed by atoms with van der Waals surface area (Å²) in [6.07, 6.45) is 4.74. The van der Waals surface area contributed by atoms with Crippen molar-refractivity contribution in [3.63, 3.8) is 0 Å². The minimum Gasteiger partial charge on any atom is -0.382 e. The van der Waals surface area contributed by atoms with Crippen LogP contribution in [0.15, 0.2) is 4.99 Å². The van der Waals surface area contributed by atoms with Gasteiger partial charge in [0, 0.05) is 40.0 Å². The predicted octanol–water partition coefficient (Wildman–Crippen LogP) is 0.733. The molecule has 0 amide bonds. The van der Waals surface area contributed by atoms with E-state index < -0.39 is 0 Å². The number of ether oxygens (including phenoxy) is 2. The summed E-state index contributed by atoms with van der Waals surface area (Å²) < 4.78 is 11.0. The maximum Gasteiger partial charge on any atom is 0.208 e. The van der Waals surface area contributed by atoms with Crippen LogP contribution in [0.2, 0.25) is 0 Å². The summed E-state index contributed by atoms with van der Waals surface area (Å²) in [6, 6.07) is 0. The molecule has 6 heteroatoms. The van der Waals surface area contributed by atoms with Crippen molar-refractivity contribution in [3.05, 3.63) is 0 Å². The Bertz CT molecular complexity index is 255. The van der Waals surface area contributed by atoms with Crippen LogP contribution >= 0.6 is 0 Å². The number of nitrogens with two attached hydrogens (primary N) is 1. The first-order valence-electron chi connectivity index (χ1n) is 7.19. The number of nitrogens with zero attached hydrogens (tertiary/aromatic N) is 2. The SMILES string of the molecule is CCOCCCN=C(NN)N(C)CC1CCCCO1. The van der Waals surface area contributed by atoms with Crippen molar-refractivity contribution in [2.75, 3.05) is 40.0 Å². The molecule has 1 aliphatic heterocycles. The van der Waals surface area contributed by atoms with Crippen LogP contribution in [-0.2, 0) is 9.47 Å². The number of guanidine groups is 1. The minimum absolute atomic E-state index is 0.292. The molecule has 0 saturated carbocycles. The summed E-state index contributed by atoms with van der Waals surface area (Å²) in [5.74, 6) is 6.24. The molecule has 0 aromatic carbocycles. The van der Waals surface area contributed by atoms with E-state index in [1.54, 1.807) is 0 Å². The Morgan fingerprint density at radius 2 is 2.37 bits per heavy atom. The van der Waals surface area contributed by atoms with Crippen molar-refractivity contribution in [2.45, 2.75) is 38.7 Å². The Morgan fingerprint density at radius 3 is 3.00 bits per heavy atom.